The topological polar surface area (TPSA) is 82.2 Å². The number of nitrogens with one attached hydrogen (secondary N) is 2. The maximum atomic E-state index is 11.9. The maximum Gasteiger partial charge on any atom is 0.326 e. The number of aryl methyl sites for hydroxylation is 1. The van der Waals surface area contributed by atoms with E-state index in [1.807, 2.05) is 31.3 Å². The SMILES string of the molecule is CCCCC(NC(=O)CCCc1c[nH]c2ccccc12)C(=O)O. The molecule has 5 nitrogen and oxygen atoms in total. The van der Waals surface area contributed by atoms with Crippen LogP contribution in [-0.4, -0.2) is 28.0 Å². The van der Waals surface area contributed by atoms with Crippen LogP contribution < -0.4 is 5.32 Å². The van der Waals surface area contributed by atoms with Gasteiger partial charge in [-0.15, -0.1) is 0 Å². The highest BCUT2D eigenvalue weighted by Gasteiger charge is 2.18. The van der Waals surface area contributed by atoms with Gasteiger partial charge in [0, 0.05) is 23.5 Å². The molecule has 3 N–H and O–H groups in total. The Balaban J connectivity index is 1.81. The summed E-state index contributed by atoms with van der Waals surface area (Å²) >= 11 is 0. The minimum atomic E-state index is -0.955. The number of para-hydroxylation sites is 1. The fraction of sp³-hybridized carbons (Fsp3) is 0.444. The second kappa shape index (κ2) is 8.36. The van der Waals surface area contributed by atoms with E-state index in [-0.39, 0.29) is 5.91 Å². The van der Waals surface area contributed by atoms with Gasteiger partial charge in [0.1, 0.15) is 6.04 Å². The van der Waals surface area contributed by atoms with E-state index in [9.17, 15) is 9.59 Å². The molecule has 1 aromatic heterocycles. The molecule has 0 fully saturated rings. The maximum absolute atomic E-state index is 11.9. The lowest BCUT2D eigenvalue weighted by Crippen LogP contribution is -2.40. The molecular formula is C18H24N2O3. The van der Waals surface area contributed by atoms with Gasteiger partial charge < -0.3 is 15.4 Å². The number of benzene rings is 1. The number of carboxylic acids is 1. The number of H-pyrrole nitrogens is 1. The molecule has 0 spiro atoms. The summed E-state index contributed by atoms with van der Waals surface area (Å²) in [5.41, 5.74) is 2.28. The largest absolute Gasteiger partial charge is 0.480 e. The number of fused-ring (bicyclic) bond motifs is 1. The summed E-state index contributed by atoms with van der Waals surface area (Å²) in [6.45, 7) is 2.00. The second-order valence-electron chi connectivity index (χ2n) is 5.81. The van der Waals surface area contributed by atoms with Gasteiger partial charge in [0.2, 0.25) is 5.91 Å². The van der Waals surface area contributed by atoms with Crippen molar-refractivity contribution >= 4 is 22.8 Å². The average molecular weight is 316 g/mol. The molecule has 0 aliphatic heterocycles. The van der Waals surface area contributed by atoms with Gasteiger partial charge in [0.15, 0.2) is 0 Å². The zero-order valence-corrected chi connectivity index (χ0v) is 13.5. The number of carboxylic acid groups (broad SMARTS) is 1. The van der Waals surface area contributed by atoms with Crippen LogP contribution in [0, 0.1) is 0 Å². The Morgan fingerprint density at radius 3 is 2.78 bits per heavy atom. The first-order chi connectivity index (χ1) is 11.1. The Morgan fingerprint density at radius 1 is 1.26 bits per heavy atom. The van der Waals surface area contributed by atoms with Gasteiger partial charge in [0.05, 0.1) is 0 Å². The van der Waals surface area contributed by atoms with Crippen LogP contribution >= 0.6 is 0 Å². The van der Waals surface area contributed by atoms with Crippen molar-refractivity contribution in [3.8, 4) is 0 Å². The summed E-state index contributed by atoms with van der Waals surface area (Å²) in [6, 6.07) is 7.30. The van der Waals surface area contributed by atoms with E-state index in [2.05, 4.69) is 16.4 Å². The van der Waals surface area contributed by atoms with Crippen LogP contribution in [0.3, 0.4) is 0 Å². The molecule has 0 aliphatic carbocycles. The zero-order valence-electron chi connectivity index (χ0n) is 13.5. The molecule has 2 rings (SSSR count). The summed E-state index contributed by atoms with van der Waals surface area (Å²) in [6.07, 6.45) is 6.02. The molecule has 0 radical (unpaired) electrons. The number of hydrogen-bond donors (Lipinski definition) is 3. The summed E-state index contributed by atoms with van der Waals surface area (Å²) in [5, 5.41) is 12.9. The summed E-state index contributed by atoms with van der Waals surface area (Å²) in [5.74, 6) is -1.14. The number of amides is 1. The lowest BCUT2D eigenvalue weighted by Gasteiger charge is -2.13. The summed E-state index contributed by atoms with van der Waals surface area (Å²) < 4.78 is 0. The fourth-order valence-corrected chi connectivity index (χ4v) is 2.71. The second-order valence-corrected chi connectivity index (χ2v) is 5.81. The first-order valence-electron chi connectivity index (χ1n) is 8.19. The highest BCUT2D eigenvalue weighted by molar-refractivity contribution is 5.84. The third kappa shape index (κ3) is 4.84. The number of aromatic amines is 1. The molecular weight excluding hydrogens is 292 g/mol. The summed E-state index contributed by atoms with van der Waals surface area (Å²) in [4.78, 5) is 26.3. The lowest BCUT2D eigenvalue weighted by molar-refractivity contribution is -0.142. The minimum absolute atomic E-state index is 0.187. The van der Waals surface area contributed by atoms with Crippen molar-refractivity contribution in [2.75, 3.05) is 0 Å². The monoisotopic (exact) mass is 316 g/mol. The Bertz CT molecular complexity index is 663. The van der Waals surface area contributed by atoms with Crippen molar-refractivity contribution in [3.63, 3.8) is 0 Å². The van der Waals surface area contributed by atoms with Crippen molar-refractivity contribution in [1.29, 1.82) is 0 Å². The molecule has 1 heterocycles. The van der Waals surface area contributed by atoms with Crippen molar-refractivity contribution in [1.82, 2.24) is 10.3 Å². The Labute approximate surface area is 136 Å². The van der Waals surface area contributed by atoms with Gasteiger partial charge in [-0.2, -0.15) is 0 Å². The molecule has 1 atom stereocenters. The van der Waals surface area contributed by atoms with Crippen molar-refractivity contribution in [2.45, 2.75) is 51.5 Å². The number of carbonyl (C=O) groups excluding carboxylic acids is 1. The van der Waals surface area contributed by atoms with Crippen LogP contribution in [0.1, 0.15) is 44.6 Å². The van der Waals surface area contributed by atoms with E-state index in [4.69, 9.17) is 5.11 Å². The molecule has 1 unspecified atom stereocenters. The molecule has 2 aromatic rings. The van der Waals surface area contributed by atoms with Crippen LogP contribution in [-0.2, 0) is 16.0 Å². The number of aromatic nitrogens is 1. The van der Waals surface area contributed by atoms with Crippen LogP contribution in [0.5, 0.6) is 0 Å². The molecule has 0 aliphatic rings. The van der Waals surface area contributed by atoms with Gasteiger partial charge in [-0.05, 0) is 30.9 Å². The zero-order chi connectivity index (χ0) is 16.7. The molecule has 1 aromatic carbocycles. The predicted molar refractivity (Wildman–Crippen MR) is 90.3 cm³/mol. The van der Waals surface area contributed by atoms with E-state index in [1.54, 1.807) is 0 Å². The van der Waals surface area contributed by atoms with Crippen molar-refractivity contribution < 1.29 is 14.7 Å². The Kier molecular flexibility index (Phi) is 6.20. The highest BCUT2D eigenvalue weighted by atomic mass is 16.4. The molecule has 124 valence electrons. The van der Waals surface area contributed by atoms with Gasteiger partial charge >= 0.3 is 5.97 Å². The average Bonchev–Trinajstić information content (AvgIpc) is 2.94. The van der Waals surface area contributed by atoms with Crippen LogP contribution in [0.4, 0.5) is 0 Å². The Hall–Kier alpha value is -2.30. The van der Waals surface area contributed by atoms with E-state index >= 15 is 0 Å². The lowest BCUT2D eigenvalue weighted by atomic mass is 10.1. The molecule has 0 saturated carbocycles. The predicted octanol–water partition coefficient (Wildman–Crippen LogP) is 3.25. The molecule has 0 saturated heterocycles. The van der Waals surface area contributed by atoms with Crippen LogP contribution in [0.2, 0.25) is 0 Å². The molecule has 1 amide bonds. The standard InChI is InChI=1S/C18H24N2O3/c1-2-3-9-16(18(22)23)20-17(21)11-6-7-13-12-19-15-10-5-4-8-14(13)15/h4-5,8,10,12,16,19H,2-3,6-7,9,11H2,1H3,(H,20,21)(H,22,23). The quantitative estimate of drug-likeness (QED) is 0.664. The fourth-order valence-electron chi connectivity index (χ4n) is 2.71. The van der Waals surface area contributed by atoms with Gasteiger partial charge in [-0.3, -0.25) is 4.79 Å². The molecule has 0 bridgehead atoms. The first kappa shape index (κ1) is 17.1. The number of carbonyl (C=O) groups is 2. The van der Waals surface area contributed by atoms with Gasteiger partial charge in [0.25, 0.3) is 0 Å². The first-order valence-corrected chi connectivity index (χ1v) is 8.19. The van der Waals surface area contributed by atoms with E-state index < -0.39 is 12.0 Å². The third-order valence-corrected chi connectivity index (χ3v) is 4.00. The highest BCUT2D eigenvalue weighted by Crippen LogP contribution is 2.19. The minimum Gasteiger partial charge on any atom is -0.480 e. The Morgan fingerprint density at radius 2 is 2.04 bits per heavy atom. The number of hydrogen-bond acceptors (Lipinski definition) is 2. The molecule has 23 heavy (non-hydrogen) atoms. The number of unbranched alkanes of at least 4 members (excludes halogenated alkanes) is 1. The number of aliphatic carboxylic acids is 1. The van der Waals surface area contributed by atoms with Gasteiger partial charge in [-0.25, -0.2) is 4.79 Å². The number of rotatable bonds is 9. The van der Waals surface area contributed by atoms with Crippen molar-refractivity contribution in [2.24, 2.45) is 0 Å². The van der Waals surface area contributed by atoms with Crippen LogP contribution in [0.15, 0.2) is 30.5 Å². The summed E-state index contributed by atoms with van der Waals surface area (Å²) in [7, 11) is 0. The smallest absolute Gasteiger partial charge is 0.326 e. The molecule has 5 heteroatoms. The van der Waals surface area contributed by atoms with Gasteiger partial charge in [-0.1, -0.05) is 38.0 Å². The third-order valence-electron chi connectivity index (χ3n) is 4.00. The van der Waals surface area contributed by atoms with Crippen LogP contribution in [0.25, 0.3) is 10.9 Å². The van der Waals surface area contributed by atoms with Crippen molar-refractivity contribution in [3.05, 3.63) is 36.0 Å². The van der Waals surface area contributed by atoms with E-state index in [0.717, 1.165) is 24.8 Å². The van der Waals surface area contributed by atoms with E-state index in [0.29, 0.717) is 19.3 Å². The van der Waals surface area contributed by atoms with E-state index in [1.165, 1.54) is 10.9 Å². The normalized spacial score (nSPS) is 12.2.